The number of rotatable bonds is 4. The van der Waals surface area contributed by atoms with Gasteiger partial charge < -0.3 is 10.6 Å². The summed E-state index contributed by atoms with van der Waals surface area (Å²) in [6.07, 6.45) is 1.60. The van der Waals surface area contributed by atoms with E-state index in [-0.39, 0.29) is 0 Å². The van der Waals surface area contributed by atoms with Gasteiger partial charge in [-0.3, -0.25) is 0 Å². The van der Waals surface area contributed by atoms with Crippen LogP contribution in [0.2, 0.25) is 0 Å². The van der Waals surface area contributed by atoms with Crippen LogP contribution in [0.15, 0.2) is 42.6 Å². The molecule has 1 heterocycles. The lowest BCUT2D eigenvalue weighted by Crippen LogP contribution is -2.22. The molecule has 2 aromatic rings. The molecule has 1 aromatic heterocycles. The van der Waals surface area contributed by atoms with E-state index in [0.29, 0.717) is 5.56 Å². The molecule has 0 fully saturated rings. The van der Waals surface area contributed by atoms with Gasteiger partial charge in [-0.05, 0) is 36.8 Å². The number of nitrogens with zero attached hydrogens (tertiary/aromatic N) is 3. The standard InChI is InChI=1S/C15H16N4/c1-2-19(11-12-3-6-14(17)7-4-12)15-8-5-13(9-16)10-18-15/h3-8,10H,2,11,17H2,1H3. The highest BCUT2D eigenvalue weighted by Crippen LogP contribution is 2.15. The number of nitrogen functional groups attached to an aromatic ring is 1. The first-order valence-corrected chi connectivity index (χ1v) is 6.18. The van der Waals surface area contributed by atoms with Crippen molar-refractivity contribution in [3.8, 4) is 6.07 Å². The summed E-state index contributed by atoms with van der Waals surface area (Å²) >= 11 is 0. The summed E-state index contributed by atoms with van der Waals surface area (Å²) in [5.74, 6) is 0.873. The smallest absolute Gasteiger partial charge is 0.128 e. The second-order valence-electron chi connectivity index (χ2n) is 4.27. The molecule has 0 atom stereocenters. The van der Waals surface area contributed by atoms with Crippen molar-refractivity contribution >= 4 is 11.5 Å². The lowest BCUT2D eigenvalue weighted by molar-refractivity contribution is 0.814. The van der Waals surface area contributed by atoms with Gasteiger partial charge in [-0.2, -0.15) is 5.26 Å². The Hall–Kier alpha value is -2.54. The van der Waals surface area contributed by atoms with Crippen molar-refractivity contribution in [2.75, 3.05) is 17.2 Å². The summed E-state index contributed by atoms with van der Waals surface area (Å²) in [5, 5.41) is 8.77. The van der Waals surface area contributed by atoms with Crippen LogP contribution in [0.3, 0.4) is 0 Å². The normalized spacial score (nSPS) is 9.89. The quantitative estimate of drug-likeness (QED) is 0.849. The molecule has 0 aliphatic carbocycles. The molecule has 19 heavy (non-hydrogen) atoms. The van der Waals surface area contributed by atoms with Gasteiger partial charge in [-0.15, -0.1) is 0 Å². The number of hydrogen-bond acceptors (Lipinski definition) is 4. The van der Waals surface area contributed by atoms with Crippen LogP contribution >= 0.6 is 0 Å². The number of pyridine rings is 1. The van der Waals surface area contributed by atoms with Crippen LogP contribution in [0.5, 0.6) is 0 Å². The van der Waals surface area contributed by atoms with Gasteiger partial charge >= 0.3 is 0 Å². The van der Waals surface area contributed by atoms with Crippen molar-refractivity contribution in [3.05, 3.63) is 53.7 Å². The zero-order valence-corrected chi connectivity index (χ0v) is 10.9. The molecule has 0 unspecified atom stereocenters. The number of nitriles is 1. The highest BCUT2D eigenvalue weighted by Gasteiger charge is 2.06. The Bertz CT molecular complexity index is 567. The van der Waals surface area contributed by atoms with Gasteiger partial charge in [0.2, 0.25) is 0 Å². The first-order chi connectivity index (χ1) is 9.22. The summed E-state index contributed by atoms with van der Waals surface area (Å²) in [6.45, 7) is 3.70. The molecule has 4 heteroatoms. The third-order valence-electron chi connectivity index (χ3n) is 2.94. The summed E-state index contributed by atoms with van der Waals surface area (Å²) in [7, 11) is 0. The molecular weight excluding hydrogens is 236 g/mol. The Morgan fingerprint density at radius 1 is 1.21 bits per heavy atom. The van der Waals surface area contributed by atoms with Gasteiger partial charge in [0.15, 0.2) is 0 Å². The van der Waals surface area contributed by atoms with Crippen LogP contribution < -0.4 is 10.6 Å². The number of nitrogens with two attached hydrogens (primary N) is 1. The molecule has 0 bridgehead atoms. The average molecular weight is 252 g/mol. The Kier molecular flexibility index (Phi) is 3.99. The fourth-order valence-corrected chi connectivity index (χ4v) is 1.84. The lowest BCUT2D eigenvalue weighted by Gasteiger charge is -2.22. The van der Waals surface area contributed by atoms with E-state index in [9.17, 15) is 0 Å². The summed E-state index contributed by atoms with van der Waals surface area (Å²) in [5.41, 5.74) is 8.20. The molecule has 96 valence electrons. The van der Waals surface area contributed by atoms with Gasteiger partial charge in [0.25, 0.3) is 0 Å². The Labute approximate surface area is 113 Å². The molecule has 1 aromatic carbocycles. The minimum atomic E-state index is 0.576. The summed E-state index contributed by atoms with van der Waals surface area (Å²) in [6, 6.07) is 13.6. The van der Waals surface area contributed by atoms with E-state index in [1.54, 1.807) is 12.3 Å². The van der Waals surface area contributed by atoms with Crippen molar-refractivity contribution in [2.45, 2.75) is 13.5 Å². The van der Waals surface area contributed by atoms with Crippen LogP contribution in [0, 0.1) is 11.3 Å². The molecule has 0 saturated carbocycles. The highest BCUT2D eigenvalue weighted by molar-refractivity contribution is 5.44. The van der Waals surface area contributed by atoms with Crippen molar-refractivity contribution in [1.29, 1.82) is 5.26 Å². The van der Waals surface area contributed by atoms with Crippen LogP contribution in [-0.2, 0) is 6.54 Å². The van der Waals surface area contributed by atoms with Gasteiger partial charge in [-0.1, -0.05) is 12.1 Å². The van der Waals surface area contributed by atoms with Crippen molar-refractivity contribution < 1.29 is 0 Å². The van der Waals surface area contributed by atoms with E-state index in [2.05, 4.69) is 22.9 Å². The van der Waals surface area contributed by atoms with E-state index >= 15 is 0 Å². The minimum absolute atomic E-state index is 0.576. The lowest BCUT2D eigenvalue weighted by atomic mass is 10.2. The Balaban J connectivity index is 2.15. The predicted octanol–water partition coefficient (Wildman–Crippen LogP) is 2.56. The van der Waals surface area contributed by atoms with Gasteiger partial charge in [0.05, 0.1) is 5.56 Å². The van der Waals surface area contributed by atoms with Crippen LogP contribution in [0.1, 0.15) is 18.1 Å². The van der Waals surface area contributed by atoms with Crippen LogP contribution in [0.25, 0.3) is 0 Å². The topological polar surface area (TPSA) is 65.9 Å². The van der Waals surface area contributed by atoms with E-state index in [0.717, 1.165) is 24.6 Å². The molecule has 0 spiro atoms. The monoisotopic (exact) mass is 252 g/mol. The molecule has 4 nitrogen and oxygen atoms in total. The first-order valence-electron chi connectivity index (χ1n) is 6.18. The average Bonchev–Trinajstić information content (AvgIpc) is 2.47. The number of anilines is 2. The fraction of sp³-hybridized carbons (Fsp3) is 0.200. The number of benzene rings is 1. The van der Waals surface area contributed by atoms with E-state index in [1.807, 2.05) is 30.3 Å². The molecule has 2 N–H and O–H groups in total. The highest BCUT2D eigenvalue weighted by atomic mass is 15.2. The van der Waals surface area contributed by atoms with Gasteiger partial charge in [0.1, 0.15) is 11.9 Å². The zero-order valence-electron chi connectivity index (χ0n) is 10.9. The van der Waals surface area contributed by atoms with E-state index in [1.165, 1.54) is 5.56 Å². The summed E-state index contributed by atoms with van der Waals surface area (Å²) in [4.78, 5) is 6.46. The maximum atomic E-state index is 8.77. The molecule has 0 saturated heterocycles. The van der Waals surface area contributed by atoms with Gasteiger partial charge in [0, 0.05) is 25.0 Å². The number of hydrogen-bond donors (Lipinski definition) is 1. The molecule has 0 aliphatic heterocycles. The Morgan fingerprint density at radius 2 is 1.95 bits per heavy atom. The molecule has 0 aliphatic rings. The second kappa shape index (κ2) is 5.87. The fourth-order valence-electron chi connectivity index (χ4n) is 1.84. The van der Waals surface area contributed by atoms with Crippen molar-refractivity contribution in [3.63, 3.8) is 0 Å². The molecule has 2 rings (SSSR count). The molecular formula is C15H16N4. The maximum Gasteiger partial charge on any atom is 0.128 e. The number of aromatic nitrogens is 1. The third-order valence-corrected chi connectivity index (χ3v) is 2.94. The minimum Gasteiger partial charge on any atom is -0.399 e. The molecule has 0 amide bonds. The van der Waals surface area contributed by atoms with E-state index in [4.69, 9.17) is 11.0 Å². The third kappa shape index (κ3) is 3.23. The van der Waals surface area contributed by atoms with Crippen molar-refractivity contribution in [1.82, 2.24) is 4.98 Å². The Morgan fingerprint density at radius 3 is 2.47 bits per heavy atom. The summed E-state index contributed by atoms with van der Waals surface area (Å²) < 4.78 is 0. The first kappa shape index (κ1) is 12.9. The zero-order chi connectivity index (χ0) is 13.7. The SMILES string of the molecule is CCN(Cc1ccc(N)cc1)c1ccc(C#N)cn1. The predicted molar refractivity (Wildman–Crippen MR) is 76.5 cm³/mol. The van der Waals surface area contributed by atoms with Gasteiger partial charge in [-0.25, -0.2) is 4.98 Å². The van der Waals surface area contributed by atoms with Crippen LogP contribution in [0.4, 0.5) is 11.5 Å². The second-order valence-corrected chi connectivity index (χ2v) is 4.27. The van der Waals surface area contributed by atoms with Crippen LogP contribution in [-0.4, -0.2) is 11.5 Å². The largest absolute Gasteiger partial charge is 0.399 e. The van der Waals surface area contributed by atoms with E-state index < -0.39 is 0 Å². The van der Waals surface area contributed by atoms with Crippen molar-refractivity contribution in [2.24, 2.45) is 0 Å². The maximum absolute atomic E-state index is 8.77. The molecule has 0 radical (unpaired) electrons.